The van der Waals surface area contributed by atoms with E-state index in [2.05, 4.69) is 10.1 Å². The first-order valence-corrected chi connectivity index (χ1v) is 13.4. The van der Waals surface area contributed by atoms with Crippen molar-refractivity contribution in [1.82, 2.24) is 23.7 Å². The quantitative estimate of drug-likeness (QED) is 0.596. The van der Waals surface area contributed by atoms with Gasteiger partial charge in [0.1, 0.15) is 0 Å². The summed E-state index contributed by atoms with van der Waals surface area (Å²) in [7, 11) is -3.48. The van der Waals surface area contributed by atoms with Gasteiger partial charge >= 0.3 is 0 Å². The molecule has 1 amide bonds. The Morgan fingerprint density at radius 2 is 1.48 bits per heavy atom. The highest BCUT2D eigenvalue weighted by Gasteiger charge is 2.39. The molecule has 4 fully saturated rings. The van der Waals surface area contributed by atoms with Crippen LogP contribution in [0.1, 0.15) is 55.7 Å². The Morgan fingerprint density at radius 1 is 0.818 bits per heavy atom. The zero-order chi connectivity index (χ0) is 22.8. The average molecular weight is 484 g/mol. The summed E-state index contributed by atoms with van der Waals surface area (Å²) in [5.74, 6) is 1.71. The number of hydrogen-bond donors (Lipinski definition) is 0. The van der Waals surface area contributed by atoms with Crippen LogP contribution in [-0.2, 0) is 24.5 Å². The fourth-order valence-corrected chi connectivity index (χ4v) is 6.84. The topological polar surface area (TPSA) is 118 Å². The van der Waals surface area contributed by atoms with Crippen LogP contribution in [0, 0.1) is 5.92 Å². The molecule has 184 valence electrons. The number of ether oxygens (including phenoxy) is 2. The number of carbonyl (C=O) groups excluding carboxylic acids is 1. The molecule has 1 aromatic heterocycles. The maximum atomic E-state index is 13.1. The zero-order valence-electron chi connectivity index (χ0n) is 18.9. The van der Waals surface area contributed by atoms with Gasteiger partial charge in [0.05, 0.1) is 19.1 Å². The number of likely N-dealkylation sites (tertiary alicyclic amines) is 1. The molecule has 33 heavy (non-hydrogen) atoms. The van der Waals surface area contributed by atoms with Crippen molar-refractivity contribution >= 4 is 16.1 Å². The van der Waals surface area contributed by atoms with E-state index in [1.807, 2.05) is 4.90 Å². The van der Waals surface area contributed by atoms with Gasteiger partial charge < -0.3 is 18.9 Å². The number of hydrogen-bond acceptors (Lipinski definition) is 8. The summed E-state index contributed by atoms with van der Waals surface area (Å²) in [6, 6.07) is 0. The summed E-state index contributed by atoms with van der Waals surface area (Å²) in [5.41, 5.74) is 0. The standard InChI is InChI=1S/C21H33N5O6S/c27-21(17-2-7-25(8-3-17)33(28,29)26-9-13-31-14-10-26)24-6-1-18(15-24)20-22-19(23-32-20)16-4-11-30-12-5-16/h16-18H,1-15H2. The van der Waals surface area contributed by atoms with Crippen LogP contribution in [0.5, 0.6) is 0 Å². The molecule has 1 unspecified atom stereocenters. The Morgan fingerprint density at radius 3 is 2.21 bits per heavy atom. The highest BCUT2D eigenvalue weighted by molar-refractivity contribution is 7.86. The van der Waals surface area contributed by atoms with Crippen molar-refractivity contribution in [2.24, 2.45) is 5.92 Å². The van der Waals surface area contributed by atoms with Crippen molar-refractivity contribution in [3.05, 3.63) is 11.7 Å². The lowest BCUT2D eigenvalue weighted by molar-refractivity contribution is -0.135. The van der Waals surface area contributed by atoms with Crippen LogP contribution in [0.15, 0.2) is 4.52 Å². The number of rotatable bonds is 5. The fraction of sp³-hybridized carbons (Fsp3) is 0.857. The number of carbonyl (C=O) groups is 1. The van der Waals surface area contributed by atoms with Crippen molar-refractivity contribution in [3.8, 4) is 0 Å². The Kier molecular flexibility index (Phi) is 6.98. The summed E-state index contributed by atoms with van der Waals surface area (Å²) in [6.07, 6.45) is 3.74. The van der Waals surface area contributed by atoms with E-state index in [4.69, 9.17) is 14.0 Å². The van der Waals surface area contributed by atoms with Gasteiger partial charge in [-0.3, -0.25) is 4.79 Å². The SMILES string of the molecule is O=C(C1CCN(S(=O)(=O)N2CCOCC2)CC1)N1CCC(c2nc(C3CCOCC3)no2)C1. The van der Waals surface area contributed by atoms with Crippen molar-refractivity contribution in [2.75, 3.05) is 65.7 Å². The third-order valence-electron chi connectivity index (χ3n) is 7.32. The summed E-state index contributed by atoms with van der Waals surface area (Å²) in [6.45, 7) is 5.12. The van der Waals surface area contributed by atoms with Gasteiger partial charge in [0.2, 0.25) is 11.8 Å². The highest BCUT2D eigenvalue weighted by Crippen LogP contribution is 2.32. The largest absolute Gasteiger partial charge is 0.381 e. The molecule has 12 heteroatoms. The molecule has 5 rings (SSSR count). The molecule has 0 bridgehead atoms. The third-order valence-corrected chi connectivity index (χ3v) is 9.35. The van der Waals surface area contributed by atoms with Crippen molar-refractivity contribution in [2.45, 2.75) is 43.9 Å². The van der Waals surface area contributed by atoms with E-state index < -0.39 is 10.2 Å². The minimum absolute atomic E-state index is 0.0665. The molecule has 11 nitrogen and oxygen atoms in total. The van der Waals surface area contributed by atoms with Crippen LogP contribution in [0.4, 0.5) is 0 Å². The molecule has 0 aromatic carbocycles. The molecule has 1 atom stereocenters. The van der Waals surface area contributed by atoms with Gasteiger partial charge in [-0.2, -0.15) is 22.0 Å². The van der Waals surface area contributed by atoms with Crippen molar-refractivity contribution in [3.63, 3.8) is 0 Å². The van der Waals surface area contributed by atoms with Gasteiger partial charge in [-0.25, -0.2) is 0 Å². The molecule has 0 spiro atoms. The van der Waals surface area contributed by atoms with E-state index in [1.54, 1.807) is 0 Å². The summed E-state index contributed by atoms with van der Waals surface area (Å²) < 4.78 is 45.0. The van der Waals surface area contributed by atoms with Gasteiger partial charge in [-0.15, -0.1) is 0 Å². The van der Waals surface area contributed by atoms with E-state index in [9.17, 15) is 13.2 Å². The Bertz CT molecular complexity index is 919. The van der Waals surface area contributed by atoms with Crippen LogP contribution < -0.4 is 0 Å². The molecular formula is C21H33N5O6S. The Hall–Kier alpha value is -1.60. The van der Waals surface area contributed by atoms with E-state index in [0.29, 0.717) is 71.2 Å². The van der Waals surface area contributed by atoms with Gasteiger partial charge in [-0.05, 0) is 32.1 Å². The molecule has 0 radical (unpaired) electrons. The maximum absolute atomic E-state index is 13.1. The molecular weight excluding hydrogens is 450 g/mol. The second-order valence-corrected chi connectivity index (χ2v) is 11.3. The first-order chi connectivity index (χ1) is 16.0. The average Bonchev–Trinajstić information content (AvgIpc) is 3.55. The zero-order valence-corrected chi connectivity index (χ0v) is 19.7. The molecule has 0 aliphatic carbocycles. The number of nitrogens with zero attached hydrogens (tertiary/aromatic N) is 5. The highest BCUT2D eigenvalue weighted by atomic mass is 32.2. The minimum Gasteiger partial charge on any atom is -0.381 e. The molecule has 0 N–H and O–H groups in total. The van der Waals surface area contributed by atoms with E-state index in [0.717, 1.165) is 38.3 Å². The molecule has 5 heterocycles. The number of morpholine rings is 1. The summed E-state index contributed by atoms with van der Waals surface area (Å²) in [5, 5.41) is 4.19. The van der Waals surface area contributed by atoms with Gasteiger partial charge in [0.15, 0.2) is 5.82 Å². The predicted octanol–water partition coefficient (Wildman–Crippen LogP) is 0.569. The lowest BCUT2D eigenvalue weighted by Crippen LogP contribution is -2.51. The maximum Gasteiger partial charge on any atom is 0.282 e. The molecule has 1 aromatic rings. The minimum atomic E-state index is -3.48. The molecule has 0 saturated carbocycles. The number of aromatic nitrogens is 2. The summed E-state index contributed by atoms with van der Waals surface area (Å²) in [4.78, 5) is 19.7. The number of piperidine rings is 1. The van der Waals surface area contributed by atoms with Crippen molar-refractivity contribution < 1.29 is 27.2 Å². The van der Waals surface area contributed by atoms with Crippen LogP contribution in [-0.4, -0.2) is 104 Å². The van der Waals surface area contributed by atoms with Gasteiger partial charge in [-0.1, -0.05) is 5.16 Å². The Labute approximate surface area is 194 Å². The smallest absolute Gasteiger partial charge is 0.282 e. The second kappa shape index (κ2) is 9.95. The predicted molar refractivity (Wildman–Crippen MR) is 117 cm³/mol. The van der Waals surface area contributed by atoms with Crippen molar-refractivity contribution in [1.29, 1.82) is 0 Å². The monoisotopic (exact) mass is 483 g/mol. The van der Waals surface area contributed by atoms with Crippen LogP contribution in [0.3, 0.4) is 0 Å². The second-order valence-electron chi connectivity index (χ2n) is 9.34. The first-order valence-electron chi connectivity index (χ1n) is 12.1. The lowest BCUT2D eigenvalue weighted by atomic mass is 9.96. The first kappa shape index (κ1) is 23.2. The van der Waals surface area contributed by atoms with Crippen LogP contribution in [0.2, 0.25) is 0 Å². The van der Waals surface area contributed by atoms with Crippen LogP contribution in [0.25, 0.3) is 0 Å². The normalized spacial score (nSPS) is 27.3. The Balaban J connectivity index is 1.13. The summed E-state index contributed by atoms with van der Waals surface area (Å²) >= 11 is 0. The van der Waals surface area contributed by atoms with Crippen LogP contribution >= 0.6 is 0 Å². The van der Waals surface area contributed by atoms with Gasteiger partial charge in [0, 0.05) is 64.3 Å². The van der Waals surface area contributed by atoms with E-state index in [-0.39, 0.29) is 23.7 Å². The van der Waals surface area contributed by atoms with Gasteiger partial charge in [0.25, 0.3) is 10.2 Å². The lowest BCUT2D eigenvalue weighted by Gasteiger charge is -2.36. The molecule has 4 saturated heterocycles. The third kappa shape index (κ3) is 4.95. The molecule has 4 aliphatic heterocycles. The fourth-order valence-electron chi connectivity index (χ4n) is 5.23. The number of amides is 1. The molecule has 4 aliphatic rings. The van der Waals surface area contributed by atoms with E-state index >= 15 is 0 Å². The van der Waals surface area contributed by atoms with E-state index in [1.165, 1.54) is 8.61 Å².